The summed E-state index contributed by atoms with van der Waals surface area (Å²) < 4.78 is 6.75. The summed E-state index contributed by atoms with van der Waals surface area (Å²) in [5, 5.41) is 3.82. The SMILES string of the molecule is CNCc1cc(Br)cnc1Oc1ccc(Cl)c(C)c1. The van der Waals surface area contributed by atoms with Crippen LogP contribution in [0.15, 0.2) is 34.9 Å². The predicted molar refractivity (Wildman–Crippen MR) is 81.0 cm³/mol. The average molecular weight is 342 g/mol. The second-order valence-electron chi connectivity index (χ2n) is 4.16. The van der Waals surface area contributed by atoms with Gasteiger partial charge in [-0.25, -0.2) is 4.98 Å². The molecule has 0 radical (unpaired) electrons. The highest BCUT2D eigenvalue weighted by Crippen LogP contribution is 2.28. The van der Waals surface area contributed by atoms with E-state index in [0.717, 1.165) is 26.4 Å². The van der Waals surface area contributed by atoms with Gasteiger partial charge in [-0.05, 0) is 59.7 Å². The molecule has 0 saturated carbocycles. The first kappa shape index (κ1) is 14.3. The van der Waals surface area contributed by atoms with Gasteiger partial charge in [0.1, 0.15) is 5.75 Å². The number of pyridine rings is 1. The summed E-state index contributed by atoms with van der Waals surface area (Å²) in [6.07, 6.45) is 1.72. The van der Waals surface area contributed by atoms with E-state index in [2.05, 4.69) is 26.2 Å². The fraction of sp³-hybridized carbons (Fsp3) is 0.214. The van der Waals surface area contributed by atoms with E-state index < -0.39 is 0 Å². The Hall–Kier alpha value is -1.10. The van der Waals surface area contributed by atoms with Gasteiger partial charge >= 0.3 is 0 Å². The van der Waals surface area contributed by atoms with Gasteiger partial charge in [-0.1, -0.05) is 11.6 Å². The lowest BCUT2D eigenvalue weighted by Crippen LogP contribution is -2.07. The number of hydrogen-bond donors (Lipinski definition) is 1. The van der Waals surface area contributed by atoms with Gasteiger partial charge in [0.15, 0.2) is 0 Å². The summed E-state index contributed by atoms with van der Waals surface area (Å²) in [4.78, 5) is 4.30. The zero-order chi connectivity index (χ0) is 13.8. The van der Waals surface area contributed by atoms with Crippen LogP contribution >= 0.6 is 27.5 Å². The summed E-state index contributed by atoms with van der Waals surface area (Å²) in [6.45, 7) is 2.63. The second-order valence-corrected chi connectivity index (χ2v) is 5.48. The fourth-order valence-corrected chi connectivity index (χ4v) is 2.17. The van der Waals surface area contributed by atoms with Gasteiger partial charge in [0.05, 0.1) is 0 Å². The van der Waals surface area contributed by atoms with Gasteiger partial charge in [-0.3, -0.25) is 0 Å². The second kappa shape index (κ2) is 6.37. The smallest absolute Gasteiger partial charge is 0.223 e. The van der Waals surface area contributed by atoms with Gasteiger partial charge in [-0.2, -0.15) is 0 Å². The summed E-state index contributed by atoms with van der Waals surface area (Å²) in [5.74, 6) is 1.33. The molecule has 1 aromatic carbocycles. The third-order valence-electron chi connectivity index (χ3n) is 2.60. The average Bonchev–Trinajstić information content (AvgIpc) is 2.37. The summed E-state index contributed by atoms with van der Waals surface area (Å²) in [6, 6.07) is 7.54. The first-order valence-electron chi connectivity index (χ1n) is 5.83. The number of nitrogens with one attached hydrogen (secondary N) is 1. The molecule has 0 atom stereocenters. The zero-order valence-corrected chi connectivity index (χ0v) is 13.0. The quantitative estimate of drug-likeness (QED) is 0.899. The van der Waals surface area contributed by atoms with Gasteiger partial charge in [0.25, 0.3) is 0 Å². The number of benzene rings is 1. The van der Waals surface area contributed by atoms with Crippen molar-refractivity contribution in [3.05, 3.63) is 51.1 Å². The predicted octanol–water partition coefficient (Wildman–Crippen LogP) is 4.32. The van der Waals surface area contributed by atoms with Crippen LogP contribution in [0.25, 0.3) is 0 Å². The molecule has 0 aliphatic rings. The molecule has 3 nitrogen and oxygen atoms in total. The molecule has 0 saturated heterocycles. The Morgan fingerprint density at radius 3 is 2.84 bits per heavy atom. The molecule has 0 amide bonds. The maximum Gasteiger partial charge on any atom is 0.223 e. The molecular formula is C14H14BrClN2O. The number of aryl methyl sites for hydroxylation is 1. The van der Waals surface area contributed by atoms with E-state index in [0.29, 0.717) is 12.4 Å². The van der Waals surface area contributed by atoms with Crippen LogP contribution in [0.2, 0.25) is 5.02 Å². The molecule has 0 aliphatic heterocycles. The summed E-state index contributed by atoms with van der Waals surface area (Å²) in [5.41, 5.74) is 1.97. The molecule has 1 aromatic heterocycles. The number of ether oxygens (including phenoxy) is 1. The first-order valence-corrected chi connectivity index (χ1v) is 7.00. The van der Waals surface area contributed by atoms with Crippen LogP contribution in [0.4, 0.5) is 0 Å². The molecule has 0 spiro atoms. The largest absolute Gasteiger partial charge is 0.439 e. The Kier molecular flexibility index (Phi) is 4.80. The van der Waals surface area contributed by atoms with Crippen LogP contribution < -0.4 is 10.1 Å². The number of aromatic nitrogens is 1. The van der Waals surface area contributed by atoms with Gasteiger partial charge < -0.3 is 10.1 Å². The Morgan fingerprint density at radius 2 is 2.16 bits per heavy atom. The van der Waals surface area contributed by atoms with Crippen LogP contribution in [0, 0.1) is 6.92 Å². The molecule has 1 N–H and O–H groups in total. The van der Waals surface area contributed by atoms with E-state index in [1.807, 2.05) is 38.2 Å². The lowest BCUT2D eigenvalue weighted by Gasteiger charge is -2.11. The molecule has 1 heterocycles. The van der Waals surface area contributed by atoms with Crippen molar-refractivity contribution in [2.45, 2.75) is 13.5 Å². The highest BCUT2D eigenvalue weighted by Gasteiger charge is 2.08. The van der Waals surface area contributed by atoms with Gasteiger partial charge in [0.2, 0.25) is 5.88 Å². The van der Waals surface area contributed by atoms with E-state index in [1.165, 1.54) is 0 Å². The molecule has 2 aromatic rings. The highest BCUT2D eigenvalue weighted by atomic mass is 79.9. The fourth-order valence-electron chi connectivity index (χ4n) is 1.67. The van der Waals surface area contributed by atoms with E-state index >= 15 is 0 Å². The lowest BCUT2D eigenvalue weighted by atomic mass is 10.2. The standard InChI is InChI=1S/C14H14BrClN2O/c1-9-5-12(3-4-13(9)16)19-14-10(7-17-2)6-11(15)8-18-14/h3-6,8,17H,7H2,1-2H3. The monoisotopic (exact) mass is 340 g/mol. The first-order chi connectivity index (χ1) is 9.10. The van der Waals surface area contributed by atoms with Crippen molar-refractivity contribution in [1.29, 1.82) is 0 Å². The van der Waals surface area contributed by atoms with Crippen molar-refractivity contribution in [3.8, 4) is 11.6 Å². The summed E-state index contributed by atoms with van der Waals surface area (Å²) >= 11 is 9.41. The van der Waals surface area contributed by atoms with Gasteiger partial charge in [-0.15, -0.1) is 0 Å². The molecule has 0 unspecified atom stereocenters. The third kappa shape index (κ3) is 3.69. The van der Waals surface area contributed by atoms with Crippen LogP contribution in [-0.4, -0.2) is 12.0 Å². The van der Waals surface area contributed by atoms with Crippen molar-refractivity contribution in [1.82, 2.24) is 10.3 Å². The minimum absolute atomic E-state index is 0.597. The van der Waals surface area contributed by atoms with E-state index in [-0.39, 0.29) is 0 Å². The number of rotatable bonds is 4. The zero-order valence-electron chi connectivity index (χ0n) is 10.7. The third-order valence-corrected chi connectivity index (χ3v) is 3.46. The van der Waals surface area contributed by atoms with Crippen molar-refractivity contribution in [2.75, 3.05) is 7.05 Å². The van der Waals surface area contributed by atoms with E-state index in [4.69, 9.17) is 16.3 Å². The Balaban J connectivity index is 2.29. The van der Waals surface area contributed by atoms with E-state index in [9.17, 15) is 0 Å². The number of hydrogen-bond acceptors (Lipinski definition) is 3. The maximum atomic E-state index is 6.00. The summed E-state index contributed by atoms with van der Waals surface area (Å²) in [7, 11) is 1.89. The van der Waals surface area contributed by atoms with Crippen molar-refractivity contribution in [3.63, 3.8) is 0 Å². The minimum atomic E-state index is 0.597. The molecule has 0 fully saturated rings. The number of halogens is 2. The van der Waals surface area contributed by atoms with Crippen LogP contribution in [0.5, 0.6) is 11.6 Å². The molecule has 5 heteroatoms. The van der Waals surface area contributed by atoms with Crippen LogP contribution in [-0.2, 0) is 6.54 Å². The Labute approximate surface area is 126 Å². The molecule has 0 bridgehead atoms. The minimum Gasteiger partial charge on any atom is -0.439 e. The molecule has 19 heavy (non-hydrogen) atoms. The lowest BCUT2D eigenvalue weighted by molar-refractivity contribution is 0.453. The Bertz CT molecular complexity index is 590. The maximum absolute atomic E-state index is 6.00. The normalized spacial score (nSPS) is 10.5. The van der Waals surface area contributed by atoms with Crippen molar-refractivity contribution >= 4 is 27.5 Å². The molecule has 2 rings (SSSR count). The topological polar surface area (TPSA) is 34.2 Å². The van der Waals surface area contributed by atoms with Gasteiger partial charge in [0, 0.05) is 27.8 Å². The molecule has 100 valence electrons. The molecule has 0 aliphatic carbocycles. The van der Waals surface area contributed by atoms with Crippen LogP contribution in [0.1, 0.15) is 11.1 Å². The number of nitrogens with zero attached hydrogens (tertiary/aromatic N) is 1. The van der Waals surface area contributed by atoms with Crippen molar-refractivity contribution in [2.24, 2.45) is 0 Å². The highest BCUT2D eigenvalue weighted by molar-refractivity contribution is 9.10. The van der Waals surface area contributed by atoms with Crippen molar-refractivity contribution < 1.29 is 4.74 Å². The molecular weight excluding hydrogens is 328 g/mol. The Morgan fingerprint density at radius 1 is 1.37 bits per heavy atom. The van der Waals surface area contributed by atoms with Crippen LogP contribution in [0.3, 0.4) is 0 Å². The van der Waals surface area contributed by atoms with E-state index in [1.54, 1.807) is 6.20 Å².